The predicted octanol–water partition coefficient (Wildman–Crippen LogP) is 1.73. The molecule has 0 radical (unpaired) electrons. The van der Waals surface area contributed by atoms with E-state index in [9.17, 15) is 4.79 Å². The molecule has 0 aliphatic carbocycles. The molecule has 1 aliphatic heterocycles. The summed E-state index contributed by atoms with van der Waals surface area (Å²) in [6.45, 7) is 3.02. The molecule has 0 aromatic heterocycles. The van der Waals surface area contributed by atoms with Crippen LogP contribution in [0.5, 0.6) is 0 Å². The van der Waals surface area contributed by atoms with Crippen LogP contribution >= 0.6 is 0 Å². The number of piperidine rings is 1. The molecule has 1 amide bonds. The van der Waals surface area contributed by atoms with Crippen LogP contribution in [0.25, 0.3) is 0 Å². The quantitative estimate of drug-likeness (QED) is 0.831. The van der Waals surface area contributed by atoms with Crippen LogP contribution in [0.1, 0.15) is 24.8 Å². The largest absolute Gasteiger partial charge is 0.356 e. The minimum Gasteiger partial charge on any atom is -0.356 e. The Bertz CT molecular complexity index is 358. The second-order valence-electron chi connectivity index (χ2n) is 4.98. The second kappa shape index (κ2) is 7.17. The van der Waals surface area contributed by atoms with Gasteiger partial charge in [0, 0.05) is 13.0 Å². The number of carbonyl (C=O) groups is 1. The fraction of sp³-hybridized carbons (Fsp3) is 0.533. The van der Waals surface area contributed by atoms with E-state index in [1.54, 1.807) is 0 Å². The lowest BCUT2D eigenvalue weighted by molar-refractivity contribution is -0.121. The molecule has 0 atom stereocenters. The molecule has 2 N–H and O–H groups in total. The van der Waals surface area contributed by atoms with Crippen LogP contribution < -0.4 is 10.6 Å². The molecule has 0 spiro atoms. The summed E-state index contributed by atoms with van der Waals surface area (Å²) in [5.74, 6) is 0.837. The molecule has 98 valence electrons. The van der Waals surface area contributed by atoms with E-state index in [0.717, 1.165) is 26.1 Å². The molecule has 3 nitrogen and oxygen atoms in total. The third-order valence-electron chi connectivity index (χ3n) is 3.53. The Kier molecular flexibility index (Phi) is 5.21. The number of benzene rings is 1. The summed E-state index contributed by atoms with van der Waals surface area (Å²) in [6, 6.07) is 10.2. The summed E-state index contributed by atoms with van der Waals surface area (Å²) in [7, 11) is 0. The van der Waals surface area contributed by atoms with Gasteiger partial charge < -0.3 is 10.6 Å². The summed E-state index contributed by atoms with van der Waals surface area (Å²) in [5, 5.41) is 6.39. The lowest BCUT2D eigenvalue weighted by atomic mass is 9.98. The van der Waals surface area contributed by atoms with Crippen LogP contribution in [0.15, 0.2) is 30.3 Å². The van der Waals surface area contributed by atoms with Gasteiger partial charge in [0.25, 0.3) is 0 Å². The van der Waals surface area contributed by atoms with Crippen LogP contribution in [-0.2, 0) is 11.2 Å². The zero-order valence-electron chi connectivity index (χ0n) is 10.8. The van der Waals surface area contributed by atoms with Crippen molar-refractivity contribution in [2.24, 2.45) is 5.92 Å². The lowest BCUT2D eigenvalue weighted by Gasteiger charge is -2.22. The Labute approximate surface area is 109 Å². The predicted molar refractivity (Wildman–Crippen MR) is 73.4 cm³/mol. The summed E-state index contributed by atoms with van der Waals surface area (Å²) >= 11 is 0. The number of hydrogen-bond acceptors (Lipinski definition) is 2. The van der Waals surface area contributed by atoms with Gasteiger partial charge in [-0.05, 0) is 43.8 Å². The van der Waals surface area contributed by atoms with Gasteiger partial charge in [0.15, 0.2) is 0 Å². The SMILES string of the molecule is O=C(CCc1ccccc1)NCC1CCNCC1. The normalized spacial score (nSPS) is 16.4. The number of aryl methyl sites for hydroxylation is 1. The highest BCUT2D eigenvalue weighted by molar-refractivity contribution is 5.76. The molecule has 3 heteroatoms. The van der Waals surface area contributed by atoms with E-state index in [4.69, 9.17) is 0 Å². The maximum atomic E-state index is 11.7. The smallest absolute Gasteiger partial charge is 0.220 e. The summed E-state index contributed by atoms with van der Waals surface area (Å²) in [5.41, 5.74) is 1.23. The topological polar surface area (TPSA) is 41.1 Å². The van der Waals surface area contributed by atoms with E-state index in [2.05, 4.69) is 22.8 Å². The van der Waals surface area contributed by atoms with Gasteiger partial charge in [-0.3, -0.25) is 4.79 Å². The molecule has 1 aromatic rings. The molecule has 0 bridgehead atoms. The molecular weight excluding hydrogens is 224 g/mol. The van der Waals surface area contributed by atoms with Crippen molar-refractivity contribution in [3.05, 3.63) is 35.9 Å². The molecular formula is C15H22N2O. The van der Waals surface area contributed by atoms with Crippen molar-refractivity contribution in [3.8, 4) is 0 Å². The highest BCUT2D eigenvalue weighted by Gasteiger charge is 2.13. The van der Waals surface area contributed by atoms with Crippen molar-refractivity contribution in [2.45, 2.75) is 25.7 Å². The van der Waals surface area contributed by atoms with Gasteiger partial charge in [0.1, 0.15) is 0 Å². The van der Waals surface area contributed by atoms with E-state index in [-0.39, 0.29) is 5.91 Å². The van der Waals surface area contributed by atoms with Gasteiger partial charge in [-0.2, -0.15) is 0 Å². The molecule has 0 saturated carbocycles. The first-order valence-corrected chi connectivity index (χ1v) is 6.86. The maximum Gasteiger partial charge on any atom is 0.220 e. The fourth-order valence-electron chi connectivity index (χ4n) is 2.33. The molecule has 1 aromatic carbocycles. The van der Waals surface area contributed by atoms with E-state index >= 15 is 0 Å². The van der Waals surface area contributed by atoms with E-state index in [1.165, 1.54) is 18.4 Å². The lowest BCUT2D eigenvalue weighted by Crippen LogP contribution is -2.36. The van der Waals surface area contributed by atoms with Crippen LogP contribution in [0.2, 0.25) is 0 Å². The standard InChI is InChI=1S/C15H22N2O/c18-15(7-6-13-4-2-1-3-5-13)17-12-14-8-10-16-11-9-14/h1-5,14,16H,6-12H2,(H,17,18). The summed E-state index contributed by atoms with van der Waals surface area (Å²) in [4.78, 5) is 11.7. The molecule has 1 saturated heterocycles. The zero-order chi connectivity index (χ0) is 12.6. The molecule has 2 rings (SSSR count). The molecule has 1 aliphatic rings. The van der Waals surface area contributed by atoms with E-state index in [1.807, 2.05) is 18.2 Å². The monoisotopic (exact) mass is 246 g/mol. The number of rotatable bonds is 5. The van der Waals surface area contributed by atoms with Gasteiger partial charge >= 0.3 is 0 Å². The number of nitrogens with one attached hydrogen (secondary N) is 2. The van der Waals surface area contributed by atoms with E-state index < -0.39 is 0 Å². The number of carbonyl (C=O) groups excluding carboxylic acids is 1. The van der Waals surface area contributed by atoms with Gasteiger partial charge in [0.05, 0.1) is 0 Å². The average Bonchev–Trinajstić information content (AvgIpc) is 2.45. The Morgan fingerprint density at radius 1 is 1.22 bits per heavy atom. The Morgan fingerprint density at radius 3 is 2.67 bits per heavy atom. The van der Waals surface area contributed by atoms with Crippen molar-refractivity contribution in [2.75, 3.05) is 19.6 Å². The molecule has 18 heavy (non-hydrogen) atoms. The minimum absolute atomic E-state index is 0.178. The van der Waals surface area contributed by atoms with Crippen molar-refractivity contribution >= 4 is 5.91 Å². The third-order valence-corrected chi connectivity index (χ3v) is 3.53. The van der Waals surface area contributed by atoms with Gasteiger partial charge in [-0.15, -0.1) is 0 Å². The molecule has 1 fully saturated rings. The maximum absolute atomic E-state index is 11.7. The highest BCUT2D eigenvalue weighted by atomic mass is 16.1. The Morgan fingerprint density at radius 2 is 1.94 bits per heavy atom. The van der Waals surface area contributed by atoms with Gasteiger partial charge in [-0.25, -0.2) is 0 Å². The van der Waals surface area contributed by atoms with E-state index in [0.29, 0.717) is 12.3 Å². The highest BCUT2D eigenvalue weighted by Crippen LogP contribution is 2.10. The van der Waals surface area contributed by atoms with Gasteiger partial charge in [0.2, 0.25) is 5.91 Å². The van der Waals surface area contributed by atoms with Crippen LogP contribution in [0, 0.1) is 5.92 Å². The minimum atomic E-state index is 0.178. The van der Waals surface area contributed by atoms with Gasteiger partial charge in [-0.1, -0.05) is 30.3 Å². The number of amides is 1. The third kappa shape index (κ3) is 4.49. The Hall–Kier alpha value is -1.35. The van der Waals surface area contributed by atoms with Crippen LogP contribution in [-0.4, -0.2) is 25.5 Å². The summed E-state index contributed by atoms with van der Waals surface area (Å²) < 4.78 is 0. The fourth-order valence-corrected chi connectivity index (χ4v) is 2.33. The van der Waals surface area contributed by atoms with Crippen molar-refractivity contribution in [1.82, 2.24) is 10.6 Å². The first kappa shape index (κ1) is 13.1. The van der Waals surface area contributed by atoms with Crippen LogP contribution in [0.3, 0.4) is 0 Å². The number of hydrogen-bond donors (Lipinski definition) is 2. The molecule has 1 heterocycles. The molecule has 0 unspecified atom stereocenters. The zero-order valence-corrected chi connectivity index (χ0v) is 10.8. The Balaban J connectivity index is 1.63. The first-order chi connectivity index (χ1) is 8.84. The van der Waals surface area contributed by atoms with Crippen molar-refractivity contribution < 1.29 is 4.79 Å². The first-order valence-electron chi connectivity index (χ1n) is 6.86. The second-order valence-corrected chi connectivity index (χ2v) is 4.98. The average molecular weight is 246 g/mol. The van der Waals surface area contributed by atoms with Crippen molar-refractivity contribution in [1.29, 1.82) is 0 Å². The van der Waals surface area contributed by atoms with Crippen LogP contribution in [0.4, 0.5) is 0 Å². The van der Waals surface area contributed by atoms with Crippen molar-refractivity contribution in [3.63, 3.8) is 0 Å². The summed E-state index contributed by atoms with van der Waals surface area (Å²) in [6.07, 6.45) is 3.78.